The van der Waals surface area contributed by atoms with Crippen molar-refractivity contribution < 1.29 is 23.5 Å². The molecule has 7 heteroatoms. The quantitative estimate of drug-likeness (QED) is 0.400. The zero-order valence-electron chi connectivity index (χ0n) is 15.3. The number of aryl methyl sites for hydroxylation is 1. The zero-order valence-corrected chi connectivity index (χ0v) is 15.3. The van der Waals surface area contributed by atoms with Gasteiger partial charge in [-0.25, -0.2) is 9.59 Å². The maximum absolute atomic E-state index is 12.0. The van der Waals surface area contributed by atoms with Gasteiger partial charge in [-0.3, -0.25) is 4.79 Å². The number of nitrogens with one attached hydrogen (secondary N) is 1. The summed E-state index contributed by atoms with van der Waals surface area (Å²) in [6.45, 7) is 2.02. The van der Waals surface area contributed by atoms with E-state index in [0.29, 0.717) is 16.7 Å². The second-order valence-electron chi connectivity index (χ2n) is 6.12. The summed E-state index contributed by atoms with van der Waals surface area (Å²) in [6, 6.07) is 15.4. The first kappa shape index (κ1) is 19.2. The normalized spacial score (nSPS) is 10.5. The lowest BCUT2D eigenvalue weighted by Crippen LogP contribution is -2.27. The van der Waals surface area contributed by atoms with Crippen molar-refractivity contribution in [1.82, 2.24) is 5.32 Å². The third-order valence-corrected chi connectivity index (χ3v) is 3.96. The molecule has 0 aliphatic carbocycles. The Morgan fingerprint density at radius 2 is 1.86 bits per heavy atom. The standard InChI is InChI=1S/C21H19NO6/c1-14-11-20(24)28-18-8-7-16(12-17(14)18)27-19(23)9-10-22-21(25)26-13-15-5-3-2-4-6-15/h2-8,11-12H,9-10,13H2,1H3,(H,22,25). The van der Waals surface area contributed by atoms with Crippen LogP contribution < -0.4 is 15.7 Å². The number of esters is 1. The van der Waals surface area contributed by atoms with Crippen molar-refractivity contribution >= 4 is 23.0 Å². The number of benzene rings is 2. The van der Waals surface area contributed by atoms with E-state index in [0.717, 1.165) is 11.1 Å². The lowest BCUT2D eigenvalue weighted by Gasteiger charge is -2.08. The number of rotatable bonds is 6. The molecule has 0 aliphatic rings. The minimum Gasteiger partial charge on any atom is -0.445 e. The first-order chi connectivity index (χ1) is 13.5. The second-order valence-corrected chi connectivity index (χ2v) is 6.12. The molecule has 2 aromatic carbocycles. The molecule has 144 valence electrons. The average Bonchev–Trinajstić information content (AvgIpc) is 2.67. The molecule has 0 radical (unpaired) electrons. The van der Waals surface area contributed by atoms with Crippen LogP contribution in [0.4, 0.5) is 4.79 Å². The van der Waals surface area contributed by atoms with Crippen LogP contribution >= 0.6 is 0 Å². The third-order valence-electron chi connectivity index (χ3n) is 3.96. The Morgan fingerprint density at radius 1 is 1.07 bits per heavy atom. The molecule has 0 bridgehead atoms. The Labute approximate surface area is 160 Å². The molecular formula is C21H19NO6. The largest absolute Gasteiger partial charge is 0.445 e. The van der Waals surface area contributed by atoms with E-state index < -0.39 is 17.7 Å². The van der Waals surface area contributed by atoms with Crippen molar-refractivity contribution in [3.05, 3.63) is 76.1 Å². The van der Waals surface area contributed by atoms with Crippen LogP contribution in [0.2, 0.25) is 0 Å². The van der Waals surface area contributed by atoms with Crippen LogP contribution in [0.1, 0.15) is 17.5 Å². The summed E-state index contributed by atoms with van der Waals surface area (Å²) < 4.78 is 15.4. The van der Waals surface area contributed by atoms with Crippen molar-refractivity contribution in [2.75, 3.05) is 6.54 Å². The SMILES string of the molecule is Cc1cc(=O)oc2ccc(OC(=O)CCNC(=O)OCc3ccccc3)cc12. The molecule has 0 unspecified atom stereocenters. The van der Waals surface area contributed by atoms with Gasteiger partial charge in [-0.05, 0) is 36.2 Å². The van der Waals surface area contributed by atoms with Crippen molar-refractivity contribution in [2.24, 2.45) is 0 Å². The molecule has 0 saturated heterocycles. The maximum Gasteiger partial charge on any atom is 0.407 e. The third kappa shape index (κ3) is 5.20. The van der Waals surface area contributed by atoms with E-state index >= 15 is 0 Å². The molecule has 1 aromatic heterocycles. The molecule has 1 amide bonds. The molecule has 0 aliphatic heterocycles. The van der Waals surface area contributed by atoms with Crippen molar-refractivity contribution in [2.45, 2.75) is 20.0 Å². The lowest BCUT2D eigenvalue weighted by molar-refractivity contribution is -0.134. The number of carbonyl (C=O) groups excluding carboxylic acids is 2. The molecule has 0 spiro atoms. The van der Waals surface area contributed by atoms with E-state index in [-0.39, 0.29) is 19.6 Å². The van der Waals surface area contributed by atoms with Crippen molar-refractivity contribution in [3.8, 4) is 5.75 Å². The molecule has 7 nitrogen and oxygen atoms in total. The Bertz CT molecular complexity index is 1040. The number of alkyl carbamates (subject to hydrolysis) is 1. The maximum atomic E-state index is 12.0. The van der Waals surface area contributed by atoms with Crippen molar-refractivity contribution in [1.29, 1.82) is 0 Å². The Balaban J connectivity index is 1.46. The Hall–Kier alpha value is -3.61. The van der Waals surface area contributed by atoms with Gasteiger partial charge in [0.1, 0.15) is 17.9 Å². The number of amides is 1. The number of hydrogen-bond acceptors (Lipinski definition) is 6. The fourth-order valence-electron chi connectivity index (χ4n) is 2.59. The van der Waals surface area contributed by atoms with Gasteiger partial charge in [0, 0.05) is 18.0 Å². The summed E-state index contributed by atoms with van der Waals surface area (Å²) in [7, 11) is 0. The number of fused-ring (bicyclic) bond motifs is 1. The summed E-state index contributed by atoms with van der Waals surface area (Å²) in [5, 5.41) is 3.19. The monoisotopic (exact) mass is 381 g/mol. The predicted octanol–water partition coefficient (Wildman–Crippen LogP) is 3.32. The summed E-state index contributed by atoms with van der Waals surface area (Å²) in [6.07, 6.45) is -0.616. The number of carbonyl (C=O) groups is 2. The minimum absolute atomic E-state index is 0.0126. The van der Waals surface area contributed by atoms with Gasteiger partial charge >= 0.3 is 17.7 Å². The fraction of sp³-hybridized carbons (Fsp3) is 0.190. The predicted molar refractivity (Wildman–Crippen MR) is 102 cm³/mol. The molecule has 0 saturated carbocycles. The van der Waals surface area contributed by atoms with E-state index in [9.17, 15) is 14.4 Å². The van der Waals surface area contributed by atoms with Crippen LogP contribution in [-0.2, 0) is 16.1 Å². The van der Waals surface area contributed by atoms with Gasteiger partial charge < -0.3 is 19.2 Å². The highest BCUT2D eigenvalue weighted by Gasteiger charge is 2.09. The first-order valence-corrected chi connectivity index (χ1v) is 8.71. The summed E-state index contributed by atoms with van der Waals surface area (Å²) in [5.74, 6) is -0.168. The second kappa shape index (κ2) is 8.85. The highest BCUT2D eigenvalue weighted by molar-refractivity contribution is 5.83. The first-order valence-electron chi connectivity index (χ1n) is 8.71. The smallest absolute Gasteiger partial charge is 0.407 e. The van der Waals surface area contributed by atoms with E-state index in [1.807, 2.05) is 30.3 Å². The van der Waals surface area contributed by atoms with Crippen LogP contribution in [0.3, 0.4) is 0 Å². The topological polar surface area (TPSA) is 94.8 Å². The molecule has 1 N–H and O–H groups in total. The molecule has 1 heterocycles. The zero-order chi connectivity index (χ0) is 19.9. The van der Waals surface area contributed by atoms with Crippen LogP contribution in [0, 0.1) is 6.92 Å². The van der Waals surface area contributed by atoms with Gasteiger partial charge in [0.15, 0.2) is 0 Å². The summed E-state index contributed by atoms with van der Waals surface area (Å²) in [5.41, 5.74) is 1.60. The van der Waals surface area contributed by atoms with E-state index in [1.165, 1.54) is 6.07 Å². The van der Waals surface area contributed by atoms with Crippen molar-refractivity contribution in [3.63, 3.8) is 0 Å². The minimum atomic E-state index is -0.604. The van der Waals surface area contributed by atoms with Gasteiger partial charge in [-0.2, -0.15) is 0 Å². The van der Waals surface area contributed by atoms with Gasteiger partial charge in [0.2, 0.25) is 0 Å². The fourth-order valence-corrected chi connectivity index (χ4v) is 2.59. The van der Waals surface area contributed by atoms with Crippen LogP contribution in [-0.4, -0.2) is 18.6 Å². The molecule has 0 fully saturated rings. The highest BCUT2D eigenvalue weighted by atomic mass is 16.5. The Morgan fingerprint density at radius 3 is 2.64 bits per heavy atom. The Kier molecular flexibility index (Phi) is 6.06. The number of ether oxygens (including phenoxy) is 2. The number of hydrogen-bond donors (Lipinski definition) is 1. The van der Waals surface area contributed by atoms with Gasteiger partial charge in [-0.1, -0.05) is 30.3 Å². The highest BCUT2D eigenvalue weighted by Crippen LogP contribution is 2.22. The van der Waals surface area contributed by atoms with E-state index in [2.05, 4.69) is 5.32 Å². The van der Waals surface area contributed by atoms with Gasteiger partial charge in [0.25, 0.3) is 0 Å². The van der Waals surface area contributed by atoms with Gasteiger partial charge in [0.05, 0.1) is 6.42 Å². The lowest BCUT2D eigenvalue weighted by atomic mass is 10.1. The average molecular weight is 381 g/mol. The summed E-state index contributed by atoms with van der Waals surface area (Å²) >= 11 is 0. The van der Waals surface area contributed by atoms with E-state index in [4.69, 9.17) is 13.9 Å². The molecule has 3 rings (SSSR count). The molecule has 0 atom stereocenters. The van der Waals surface area contributed by atoms with Crippen LogP contribution in [0.25, 0.3) is 11.0 Å². The summed E-state index contributed by atoms with van der Waals surface area (Å²) in [4.78, 5) is 35.0. The van der Waals surface area contributed by atoms with Gasteiger partial charge in [-0.15, -0.1) is 0 Å². The molecular weight excluding hydrogens is 362 g/mol. The molecule has 28 heavy (non-hydrogen) atoms. The van der Waals surface area contributed by atoms with Crippen LogP contribution in [0.15, 0.2) is 63.8 Å². The van der Waals surface area contributed by atoms with Crippen LogP contribution in [0.5, 0.6) is 5.75 Å². The van der Waals surface area contributed by atoms with E-state index in [1.54, 1.807) is 25.1 Å². The molecule has 3 aromatic rings.